The van der Waals surface area contributed by atoms with Gasteiger partial charge in [0.2, 0.25) is 0 Å². The molecule has 2 rings (SSSR count). The van der Waals surface area contributed by atoms with Crippen LogP contribution in [0.2, 0.25) is 0 Å². The molecule has 1 saturated heterocycles. The fraction of sp³-hybridized carbons (Fsp3) is 0.625. The zero-order valence-electron chi connectivity index (χ0n) is 13.4. The number of urea groups is 1. The molecular weight excluding hydrogens is 280 g/mol. The minimum Gasteiger partial charge on any atom is -0.396 e. The zero-order valence-corrected chi connectivity index (χ0v) is 13.4. The number of aromatic nitrogens is 1. The van der Waals surface area contributed by atoms with Crippen molar-refractivity contribution in [1.82, 2.24) is 15.6 Å². The van der Waals surface area contributed by atoms with Gasteiger partial charge in [-0.05, 0) is 37.3 Å². The third-order valence-electron chi connectivity index (χ3n) is 4.19. The monoisotopic (exact) mass is 306 g/mol. The lowest BCUT2D eigenvalue weighted by molar-refractivity contribution is 0.200. The maximum atomic E-state index is 11.8. The second kappa shape index (κ2) is 7.98. The number of pyridine rings is 1. The Kier molecular flexibility index (Phi) is 6.00. The lowest BCUT2D eigenvalue weighted by Crippen LogP contribution is -2.43. The van der Waals surface area contributed by atoms with E-state index in [-0.39, 0.29) is 24.6 Å². The molecule has 2 amide bonds. The Balaban J connectivity index is 1.77. The average Bonchev–Trinajstić information content (AvgIpc) is 3.07. The number of nitrogens with zero attached hydrogens (tertiary/aromatic N) is 2. The second-order valence-electron chi connectivity index (χ2n) is 5.99. The molecule has 1 aliphatic rings. The van der Waals surface area contributed by atoms with Crippen molar-refractivity contribution in [2.45, 2.75) is 39.3 Å². The van der Waals surface area contributed by atoms with Crippen molar-refractivity contribution in [2.24, 2.45) is 5.92 Å². The molecule has 0 bridgehead atoms. The van der Waals surface area contributed by atoms with Crippen LogP contribution < -0.4 is 15.5 Å². The van der Waals surface area contributed by atoms with Crippen LogP contribution in [-0.2, 0) is 6.54 Å². The average molecular weight is 306 g/mol. The molecule has 1 aromatic rings. The van der Waals surface area contributed by atoms with Gasteiger partial charge in [-0.15, -0.1) is 0 Å². The van der Waals surface area contributed by atoms with E-state index >= 15 is 0 Å². The Bertz CT molecular complexity index is 472. The van der Waals surface area contributed by atoms with Crippen LogP contribution in [0.1, 0.15) is 32.3 Å². The van der Waals surface area contributed by atoms with Crippen LogP contribution in [0.4, 0.5) is 10.6 Å². The highest BCUT2D eigenvalue weighted by Gasteiger charge is 2.14. The van der Waals surface area contributed by atoms with Crippen LogP contribution in [0.5, 0.6) is 0 Å². The highest BCUT2D eigenvalue weighted by molar-refractivity contribution is 5.74. The van der Waals surface area contributed by atoms with Gasteiger partial charge in [0, 0.05) is 38.5 Å². The van der Waals surface area contributed by atoms with Gasteiger partial charge >= 0.3 is 6.03 Å². The molecular formula is C16H26N4O2. The highest BCUT2D eigenvalue weighted by atomic mass is 16.3. The summed E-state index contributed by atoms with van der Waals surface area (Å²) in [7, 11) is 0. The molecule has 0 spiro atoms. The number of amides is 2. The number of carbonyl (C=O) groups excluding carboxylic acids is 1. The first kappa shape index (κ1) is 16.5. The van der Waals surface area contributed by atoms with Gasteiger partial charge in [0.1, 0.15) is 5.82 Å². The molecule has 0 aromatic carbocycles. The van der Waals surface area contributed by atoms with E-state index in [0.717, 1.165) is 24.5 Å². The fourth-order valence-corrected chi connectivity index (χ4v) is 2.40. The van der Waals surface area contributed by atoms with E-state index in [1.807, 2.05) is 32.2 Å². The van der Waals surface area contributed by atoms with E-state index < -0.39 is 0 Å². The molecule has 1 fully saturated rings. The van der Waals surface area contributed by atoms with E-state index in [0.29, 0.717) is 6.54 Å². The Morgan fingerprint density at radius 3 is 2.68 bits per heavy atom. The first-order valence-electron chi connectivity index (χ1n) is 7.95. The van der Waals surface area contributed by atoms with Gasteiger partial charge in [-0.2, -0.15) is 0 Å². The summed E-state index contributed by atoms with van der Waals surface area (Å²) in [6, 6.07) is 3.72. The maximum Gasteiger partial charge on any atom is 0.315 e. The van der Waals surface area contributed by atoms with Crippen molar-refractivity contribution >= 4 is 11.8 Å². The van der Waals surface area contributed by atoms with Crippen molar-refractivity contribution < 1.29 is 9.90 Å². The predicted molar refractivity (Wildman–Crippen MR) is 86.8 cm³/mol. The molecule has 2 unspecified atom stereocenters. The van der Waals surface area contributed by atoms with Crippen molar-refractivity contribution in [1.29, 1.82) is 0 Å². The van der Waals surface area contributed by atoms with Crippen molar-refractivity contribution in [3.05, 3.63) is 23.9 Å². The van der Waals surface area contributed by atoms with Crippen LogP contribution >= 0.6 is 0 Å². The Morgan fingerprint density at radius 2 is 2.09 bits per heavy atom. The molecule has 6 heteroatoms. The van der Waals surface area contributed by atoms with Crippen molar-refractivity contribution in [3.63, 3.8) is 0 Å². The predicted octanol–water partition coefficient (Wildman–Crippen LogP) is 1.50. The van der Waals surface area contributed by atoms with Gasteiger partial charge in [0.25, 0.3) is 0 Å². The highest BCUT2D eigenvalue weighted by Crippen LogP contribution is 2.17. The van der Waals surface area contributed by atoms with Crippen LogP contribution in [-0.4, -0.2) is 41.9 Å². The van der Waals surface area contributed by atoms with E-state index in [1.165, 1.54) is 12.8 Å². The molecule has 0 aliphatic carbocycles. The van der Waals surface area contributed by atoms with Gasteiger partial charge in [0.05, 0.1) is 0 Å². The largest absolute Gasteiger partial charge is 0.396 e. The number of nitrogens with one attached hydrogen (secondary N) is 2. The van der Waals surface area contributed by atoms with Crippen molar-refractivity contribution in [3.8, 4) is 0 Å². The molecule has 2 atom stereocenters. The van der Waals surface area contributed by atoms with Gasteiger partial charge in [-0.3, -0.25) is 0 Å². The van der Waals surface area contributed by atoms with Gasteiger partial charge in [-0.25, -0.2) is 9.78 Å². The molecule has 6 nitrogen and oxygen atoms in total. The summed E-state index contributed by atoms with van der Waals surface area (Å²) in [6.07, 6.45) is 4.28. The lowest BCUT2D eigenvalue weighted by Gasteiger charge is -2.19. The SMILES string of the molecule is CC(CO)C(C)NC(=O)NCc1ccc(N2CCCC2)nc1. The molecule has 122 valence electrons. The second-order valence-corrected chi connectivity index (χ2v) is 5.99. The zero-order chi connectivity index (χ0) is 15.9. The number of hydrogen-bond donors (Lipinski definition) is 3. The molecule has 22 heavy (non-hydrogen) atoms. The topological polar surface area (TPSA) is 77.5 Å². The molecule has 2 heterocycles. The van der Waals surface area contributed by atoms with E-state index in [9.17, 15) is 4.79 Å². The van der Waals surface area contributed by atoms with E-state index in [2.05, 4.69) is 20.5 Å². The minimum absolute atomic E-state index is 0.0344. The number of aliphatic hydroxyl groups excluding tert-OH is 1. The van der Waals surface area contributed by atoms with Gasteiger partial charge in [0.15, 0.2) is 0 Å². The van der Waals surface area contributed by atoms with Crippen LogP contribution in [0.25, 0.3) is 0 Å². The fourth-order valence-electron chi connectivity index (χ4n) is 2.40. The first-order valence-corrected chi connectivity index (χ1v) is 7.95. The molecule has 1 aromatic heterocycles. The Labute approximate surface area is 131 Å². The maximum absolute atomic E-state index is 11.8. The lowest BCUT2D eigenvalue weighted by atomic mass is 10.1. The molecule has 1 aliphatic heterocycles. The molecule has 0 saturated carbocycles. The smallest absolute Gasteiger partial charge is 0.315 e. The summed E-state index contributed by atoms with van der Waals surface area (Å²) in [6.45, 7) is 6.43. The third kappa shape index (κ3) is 4.59. The third-order valence-corrected chi connectivity index (χ3v) is 4.19. The molecule has 0 radical (unpaired) electrons. The first-order chi connectivity index (χ1) is 10.6. The summed E-state index contributed by atoms with van der Waals surface area (Å²) in [5, 5.41) is 14.7. The van der Waals surface area contributed by atoms with Gasteiger partial charge < -0.3 is 20.6 Å². The van der Waals surface area contributed by atoms with Crippen LogP contribution in [0.3, 0.4) is 0 Å². The van der Waals surface area contributed by atoms with Crippen LogP contribution in [0.15, 0.2) is 18.3 Å². The summed E-state index contributed by atoms with van der Waals surface area (Å²) < 4.78 is 0. The quantitative estimate of drug-likeness (QED) is 0.744. The number of anilines is 1. The number of rotatable bonds is 6. The minimum atomic E-state index is -0.226. The van der Waals surface area contributed by atoms with Gasteiger partial charge in [-0.1, -0.05) is 13.0 Å². The van der Waals surface area contributed by atoms with E-state index in [1.54, 1.807) is 0 Å². The van der Waals surface area contributed by atoms with Crippen LogP contribution in [0, 0.1) is 5.92 Å². The number of aliphatic hydroxyl groups is 1. The summed E-state index contributed by atoms with van der Waals surface area (Å²) in [4.78, 5) is 18.5. The molecule has 3 N–H and O–H groups in total. The Morgan fingerprint density at radius 1 is 1.36 bits per heavy atom. The van der Waals surface area contributed by atoms with Crippen molar-refractivity contribution in [2.75, 3.05) is 24.6 Å². The summed E-state index contributed by atoms with van der Waals surface area (Å²) in [5.41, 5.74) is 0.973. The summed E-state index contributed by atoms with van der Waals surface area (Å²) >= 11 is 0. The Hall–Kier alpha value is -1.82. The summed E-state index contributed by atoms with van der Waals surface area (Å²) in [5.74, 6) is 1.04. The standard InChI is InChI=1S/C16H26N4O2/c1-12(11-21)13(2)19-16(22)18-10-14-5-6-15(17-9-14)20-7-3-4-8-20/h5-6,9,12-13,21H,3-4,7-8,10-11H2,1-2H3,(H2,18,19,22). The number of hydrogen-bond acceptors (Lipinski definition) is 4. The van der Waals surface area contributed by atoms with E-state index in [4.69, 9.17) is 5.11 Å². The number of carbonyl (C=O) groups is 1. The normalized spacial score (nSPS) is 17.1.